The van der Waals surface area contributed by atoms with Crippen LogP contribution >= 0.6 is 0 Å². The van der Waals surface area contributed by atoms with Gasteiger partial charge < -0.3 is 10.2 Å². The monoisotopic (exact) mass is 296 g/mol. The van der Waals surface area contributed by atoms with E-state index in [1.54, 1.807) is 0 Å². The summed E-state index contributed by atoms with van der Waals surface area (Å²) in [6.07, 6.45) is 13.4. The molecular weight excluding hydrogens is 260 g/mol. The minimum Gasteiger partial charge on any atom is -0.341 e. The first-order valence-corrected chi connectivity index (χ1v) is 9.31. The first-order chi connectivity index (χ1) is 10.3. The van der Waals surface area contributed by atoms with Crippen LogP contribution in [0.3, 0.4) is 0 Å². The molecule has 0 aromatic carbocycles. The zero-order valence-corrected chi connectivity index (χ0v) is 14.3. The molecule has 1 rings (SSSR count). The predicted octanol–water partition coefficient (Wildman–Crippen LogP) is 4.12. The third-order valence-corrected chi connectivity index (χ3v) is 4.48. The summed E-state index contributed by atoms with van der Waals surface area (Å²) in [4.78, 5) is 14.8. The van der Waals surface area contributed by atoms with Gasteiger partial charge in [-0.05, 0) is 32.2 Å². The van der Waals surface area contributed by atoms with Crippen LogP contribution in [0.15, 0.2) is 0 Å². The number of carbonyl (C=O) groups is 1. The van der Waals surface area contributed by atoms with Gasteiger partial charge in [-0.1, -0.05) is 58.8 Å². The van der Waals surface area contributed by atoms with E-state index in [9.17, 15) is 4.79 Å². The molecular formula is C18H36N2O. The van der Waals surface area contributed by atoms with Gasteiger partial charge in [-0.2, -0.15) is 0 Å². The van der Waals surface area contributed by atoms with Crippen LogP contribution in [0.5, 0.6) is 0 Å². The molecule has 1 amide bonds. The Morgan fingerprint density at radius 2 is 1.57 bits per heavy atom. The summed E-state index contributed by atoms with van der Waals surface area (Å²) < 4.78 is 0. The Balaban J connectivity index is 2.38. The van der Waals surface area contributed by atoms with Crippen LogP contribution in [0.25, 0.3) is 0 Å². The molecule has 0 radical (unpaired) electrons. The van der Waals surface area contributed by atoms with E-state index in [2.05, 4.69) is 24.1 Å². The zero-order chi connectivity index (χ0) is 15.3. The van der Waals surface area contributed by atoms with Gasteiger partial charge in [0.25, 0.3) is 0 Å². The van der Waals surface area contributed by atoms with Gasteiger partial charge >= 0.3 is 0 Å². The SMILES string of the molecule is CCCCCCN(CCCCCC)C(=O)[C@H]1CCCCN1. The Morgan fingerprint density at radius 3 is 2.05 bits per heavy atom. The number of nitrogens with one attached hydrogen (secondary N) is 1. The normalized spacial score (nSPS) is 18.7. The molecule has 0 aliphatic carbocycles. The van der Waals surface area contributed by atoms with Crippen molar-refractivity contribution in [1.82, 2.24) is 10.2 Å². The number of carbonyl (C=O) groups excluding carboxylic acids is 1. The first kappa shape index (κ1) is 18.5. The van der Waals surface area contributed by atoms with Gasteiger partial charge in [0.1, 0.15) is 0 Å². The van der Waals surface area contributed by atoms with E-state index in [4.69, 9.17) is 0 Å². The van der Waals surface area contributed by atoms with Crippen molar-refractivity contribution in [3.8, 4) is 0 Å². The quantitative estimate of drug-likeness (QED) is 0.582. The Labute approximate surface area is 131 Å². The summed E-state index contributed by atoms with van der Waals surface area (Å²) in [6.45, 7) is 7.40. The summed E-state index contributed by atoms with van der Waals surface area (Å²) in [5, 5.41) is 3.41. The molecule has 0 saturated carbocycles. The van der Waals surface area contributed by atoms with Gasteiger partial charge in [-0.25, -0.2) is 0 Å². The lowest BCUT2D eigenvalue weighted by atomic mass is 10.0. The average Bonchev–Trinajstić information content (AvgIpc) is 2.53. The molecule has 1 aliphatic rings. The van der Waals surface area contributed by atoms with Gasteiger partial charge in [0.2, 0.25) is 5.91 Å². The molecule has 3 heteroatoms. The second-order valence-electron chi connectivity index (χ2n) is 6.45. The molecule has 1 heterocycles. The summed E-state index contributed by atoms with van der Waals surface area (Å²) in [7, 11) is 0. The van der Waals surface area contributed by atoms with Crippen molar-refractivity contribution < 1.29 is 4.79 Å². The fraction of sp³-hybridized carbons (Fsp3) is 0.944. The van der Waals surface area contributed by atoms with Crippen molar-refractivity contribution in [2.75, 3.05) is 19.6 Å². The van der Waals surface area contributed by atoms with E-state index in [0.717, 1.165) is 26.1 Å². The standard InChI is InChI=1S/C18H36N2O/c1-3-5-7-11-15-20(16-12-8-6-4-2)18(21)17-13-9-10-14-19-17/h17,19H,3-16H2,1-2H3/t17-/m1/s1. The predicted molar refractivity (Wildman–Crippen MR) is 90.5 cm³/mol. The summed E-state index contributed by atoms with van der Waals surface area (Å²) in [5.74, 6) is 0.364. The fourth-order valence-electron chi connectivity index (χ4n) is 3.07. The van der Waals surface area contributed by atoms with Crippen molar-refractivity contribution >= 4 is 5.91 Å². The van der Waals surface area contributed by atoms with Gasteiger partial charge in [0, 0.05) is 13.1 Å². The lowest BCUT2D eigenvalue weighted by Crippen LogP contribution is -2.49. The minimum absolute atomic E-state index is 0.0936. The van der Waals surface area contributed by atoms with Crippen molar-refractivity contribution in [3.63, 3.8) is 0 Å². The molecule has 0 aromatic heterocycles. The van der Waals surface area contributed by atoms with E-state index in [0.29, 0.717) is 5.91 Å². The maximum Gasteiger partial charge on any atom is 0.239 e. The average molecular weight is 296 g/mol. The van der Waals surface area contributed by atoms with Crippen LogP contribution in [0.2, 0.25) is 0 Å². The number of piperidine rings is 1. The lowest BCUT2D eigenvalue weighted by Gasteiger charge is -2.30. The Morgan fingerprint density at radius 1 is 0.952 bits per heavy atom. The second-order valence-corrected chi connectivity index (χ2v) is 6.45. The Hall–Kier alpha value is -0.570. The molecule has 1 aliphatic heterocycles. The maximum atomic E-state index is 12.7. The van der Waals surface area contributed by atoms with E-state index in [-0.39, 0.29) is 6.04 Å². The summed E-state index contributed by atoms with van der Waals surface area (Å²) in [6, 6.07) is 0.0936. The number of unbranched alkanes of at least 4 members (excludes halogenated alkanes) is 6. The van der Waals surface area contributed by atoms with Gasteiger partial charge in [-0.3, -0.25) is 4.79 Å². The molecule has 0 unspecified atom stereocenters. The Bertz CT molecular complexity index is 250. The van der Waals surface area contributed by atoms with Crippen LogP contribution in [-0.2, 0) is 4.79 Å². The number of nitrogens with zero attached hydrogens (tertiary/aromatic N) is 1. The number of hydrogen-bond acceptors (Lipinski definition) is 2. The van der Waals surface area contributed by atoms with E-state index in [1.807, 2.05) is 0 Å². The van der Waals surface area contributed by atoms with Crippen molar-refractivity contribution in [2.45, 2.75) is 90.5 Å². The second kappa shape index (κ2) is 12.0. The van der Waals surface area contributed by atoms with E-state index in [1.165, 1.54) is 64.2 Å². The Kier molecular flexibility index (Phi) is 10.6. The van der Waals surface area contributed by atoms with Gasteiger partial charge in [-0.15, -0.1) is 0 Å². The third-order valence-electron chi connectivity index (χ3n) is 4.48. The highest BCUT2D eigenvalue weighted by Crippen LogP contribution is 2.12. The van der Waals surface area contributed by atoms with E-state index >= 15 is 0 Å². The highest BCUT2D eigenvalue weighted by molar-refractivity contribution is 5.82. The van der Waals surface area contributed by atoms with Gasteiger partial charge in [0.15, 0.2) is 0 Å². The van der Waals surface area contributed by atoms with Crippen molar-refractivity contribution in [2.24, 2.45) is 0 Å². The summed E-state index contributed by atoms with van der Waals surface area (Å²) in [5.41, 5.74) is 0. The molecule has 0 bridgehead atoms. The van der Waals surface area contributed by atoms with Crippen LogP contribution in [-0.4, -0.2) is 36.5 Å². The molecule has 124 valence electrons. The summed E-state index contributed by atoms with van der Waals surface area (Å²) >= 11 is 0. The minimum atomic E-state index is 0.0936. The number of hydrogen-bond donors (Lipinski definition) is 1. The van der Waals surface area contributed by atoms with Crippen LogP contribution in [0, 0.1) is 0 Å². The molecule has 21 heavy (non-hydrogen) atoms. The van der Waals surface area contributed by atoms with Crippen LogP contribution in [0.1, 0.15) is 84.5 Å². The highest BCUT2D eigenvalue weighted by Gasteiger charge is 2.24. The topological polar surface area (TPSA) is 32.3 Å². The van der Waals surface area contributed by atoms with Crippen LogP contribution in [0.4, 0.5) is 0 Å². The molecule has 3 nitrogen and oxygen atoms in total. The third kappa shape index (κ3) is 7.85. The molecule has 1 N–H and O–H groups in total. The van der Waals surface area contributed by atoms with Crippen LogP contribution < -0.4 is 5.32 Å². The van der Waals surface area contributed by atoms with E-state index < -0.39 is 0 Å². The van der Waals surface area contributed by atoms with Crippen molar-refractivity contribution in [1.29, 1.82) is 0 Å². The smallest absolute Gasteiger partial charge is 0.239 e. The maximum absolute atomic E-state index is 12.7. The highest BCUT2D eigenvalue weighted by atomic mass is 16.2. The largest absolute Gasteiger partial charge is 0.341 e. The molecule has 1 atom stereocenters. The van der Waals surface area contributed by atoms with Crippen molar-refractivity contribution in [3.05, 3.63) is 0 Å². The first-order valence-electron chi connectivity index (χ1n) is 9.31. The lowest BCUT2D eigenvalue weighted by molar-refractivity contribution is -0.134. The molecule has 0 aromatic rings. The number of rotatable bonds is 11. The molecule has 1 fully saturated rings. The number of amides is 1. The molecule has 1 saturated heterocycles. The van der Waals surface area contributed by atoms with Gasteiger partial charge in [0.05, 0.1) is 6.04 Å². The zero-order valence-electron chi connectivity index (χ0n) is 14.3. The molecule has 0 spiro atoms. The fourth-order valence-corrected chi connectivity index (χ4v) is 3.07.